The van der Waals surface area contributed by atoms with Crippen LogP contribution in [0.5, 0.6) is 0 Å². The van der Waals surface area contributed by atoms with Gasteiger partial charge in [-0.2, -0.15) is 13.2 Å². The second-order valence-corrected chi connectivity index (χ2v) is 9.26. The molecule has 0 aliphatic rings. The van der Waals surface area contributed by atoms with Crippen LogP contribution in [-0.2, 0) is 21.0 Å². The third-order valence-electron chi connectivity index (χ3n) is 5.07. The number of benzene rings is 3. The van der Waals surface area contributed by atoms with Crippen LogP contribution in [0.25, 0.3) is 17.0 Å². The van der Waals surface area contributed by atoms with E-state index in [0.29, 0.717) is 16.5 Å². The number of anilines is 2. The number of pyridine rings is 1. The van der Waals surface area contributed by atoms with Gasteiger partial charge in [0.2, 0.25) is 5.91 Å². The number of hydrogen-bond donors (Lipinski definition) is 1. The highest BCUT2D eigenvalue weighted by molar-refractivity contribution is 7.93. The first-order chi connectivity index (χ1) is 16.6. The number of primary amides is 1. The van der Waals surface area contributed by atoms with Crippen LogP contribution in [0, 0.1) is 0 Å². The number of fused-ring (bicyclic) bond motifs is 1. The summed E-state index contributed by atoms with van der Waals surface area (Å²) in [5.41, 5.74) is 4.65. The molecule has 1 aromatic heterocycles. The molecule has 1 heterocycles. The molecule has 2 N–H and O–H groups in total. The summed E-state index contributed by atoms with van der Waals surface area (Å²) in [5, 5.41) is 0.607. The number of halogens is 3. The minimum atomic E-state index is -4.68. The molecule has 3 aromatic carbocycles. The Balaban J connectivity index is 1.97. The Hall–Kier alpha value is -4.18. The van der Waals surface area contributed by atoms with Crippen molar-refractivity contribution < 1.29 is 26.4 Å². The van der Waals surface area contributed by atoms with E-state index in [4.69, 9.17) is 5.73 Å². The predicted molar refractivity (Wildman–Crippen MR) is 127 cm³/mol. The van der Waals surface area contributed by atoms with Crippen LogP contribution in [0.2, 0.25) is 0 Å². The molecule has 0 radical (unpaired) electrons. The summed E-state index contributed by atoms with van der Waals surface area (Å²) in [7, 11) is -4.45. The molecule has 10 heteroatoms. The highest BCUT2D eigenvalue weighted by Crippen LogP contribution is 2.39. The third-order valence-corrected chi connectivity index (χ3v) is 6.81. The lowest BCUT2D eigenvalue weighted by atomic mass is 10.1. The van der Waals surface area contributed by atoms with Crippen molar-refractivity contribution in [2.24, 2.45) is 5.73 Å². The maximum Gasteiger partial charge on any atom is 0.416 e. The number of nitrogens with zero attached hydrogens (tertiary/aromatic N) is 2. The average molecular weight is 497 g/mol. The van der Waals surface area contributed by atoms with Crippen molar-refractivity contribution in [1.82, 2.24) is 4.98 Å². The summed E-state index contributed by atoms with van der Waals surface area (Å²) in [6, 6.07) is 17.9. The van der Waals surface area contributed by atoms with Gasteiger partial charge in [0.25, 0.3) is 10.0 Å². The summed E-state index contributed by atoms with van der Waals surface area (Å²) >= 11 is 0. The standard InChI is InChI=1S/C25H18F3N3O3S/c26-25(27,28)19-8-3-9-20(16-19)31(22-11-2-6-18-7-4-14-30-24(18)22)35(33,34)21-10-1-5-17(15-21)12-13-23(29)32/h1-16H,(H2,29,32)/b13-12+. The van der Waals surface area contributed by atoms with Crippen LogP contribution in [-0.4, -0.2) is 19.3 Å². The number of para-hydroxylation sites is 1. The van der Waals surface area contributed by atoms with Crippen molar-refractivity contribution in [2.75, 3.05) is 4.31 Å². The first kappa shape index (κ1) is 24.0. The van der Waals surface area contributed by atoms with E-state index in [-0.39, 0.29) is 16.3 Å². The second kappa shape index (κ2) is 9.22. The largest absolute Gasteiger partial charge is 0.416 e. The van der Waals surface area contributed by atoms with Crippen molar-refractivity contribution in [3.63, 3.8) is 0 Å². The first-order valence-electron chi connectivity index (χ1n) is 10.2. The summed E-state index contributed by atoms with van der Waals surface area (Å²) in [6.07, 6.45) is -0.791. The van der Waals surface area contributed by atoms with E-state index in [0.717, 1.165) is 28.6 Å². The van der Waals surface area contributed by atoms with E-state index in [1.54, 1.807) is 30.3 Å². The SMILES string of the molecule is NC(=O)/C=C/c1cccc(S(=O)(=O)N(c2cccc(C(F)(F)F)c2)c2cccc3cccnc23)c1. The number of aromatic nitrogens is 1. The molecular weight excluding hydrogens is 479 g/mol. The number of hydrogen-bond acceptors (Lipinski definition) is 4. The third kappa shape index (κ3) is 5.02. The van der Waals surface area contributed by atoms with E-state index in [2.05, 4.69) is 4.98 Å². The van der Waals surface area contributed by atoms with E-state index in [1.807, 2.05) is 0 Å². The van der Waals surface area contributed by atoms with Crippen LogP contribution in [0.4, 0.5) is 24.5 Å². The minimum Gasteiger partial charge on any atom is -0.366 e. The number of nitrogens with two attached hydrogens (primary N) is 1. The first-order valence-corrected chi connectivity index (χ1v) is 11.7. The molecule has 0 saturated carbocycles. The monoisotopic (exact) mass is 497 g/mol. The zero-order valence-electron chi connectivity index (χ0n) is 18.0. The Kier molecular flexibility index (Phi) is 6.31. The maximum absolute atomic E-state index is 13.9. The van der Waals surface area contributed by atoms with E-state index in [9.17, 15) is 26.4 Å². The fourth-order valence-corrected chi connectivity index (χ4v) is 5.07. The van der Waals surface area contributed by atoms with E-state index >= 15 is 0 Å². The van der Waals surface area contributed by atoms with Crippen molar-refractivity contribution in [1.29, 1.82) is 0 Å². The van der Waals surface area contributed by atoms with Gasteiger partial charge in [0, 0.05) is 17.7 Å². The summed E-state index contributed by atoms with van der Waals surface area (Å²) in [5.74, 6) is -0.717. The average Bonchev–Trinajstić information content (AvgIpc) is 2.83. The molecule has 4 aromatic rings. The molecule has 0 bridgehead atoms. The zero-order chi connectivity index (χ0) is 25.2. The molecule has 0 fully saturated rings. The zero-order valence-corrected chi connectivity index (χ0v) is 18.8. The fourth-order valence-electron chi connectivity index (χ4n) is 3.53. The number of alkyl halides is 3. The lowest BCUT2D eigenvalue weighted by Crippen LogP contribution is -2.27. The smallest absolute Gasteiger partial charge is 0.366 e. The topological polar surface area (TPSA) is 93.4 Å². The summed E-state index contributed by atoms with van der Waals surface area (Å²) < 4.78 is 69.2. The van der Waals surface area contributed by atoms with Crippen LogP contribution in [0.1, 0.15) is 11.1 Å². The minimum absolute atomic E-state index is 0.0838. The maximum atomic E-state index is 13.9. The van der Waals surface area contributed by atoms with Gasteiger partial charge in [-0.15, -0.1) is 0 Å². The summed E-state index contributed by atoms with van der Waals surface area (Å²) in [4.78, 5) is 15.2. The van der Waals surface area contributed by atoms with Gasteiger partial charge < -0.3 is 5.73 Å². The molecule has 178 valence electrons. The van der Waals surface area contributed by atoms with Crippen molar-refractivity contribution >= 4 is 44.3 Å². The Morgan fingerprint density at radius 3 is 2.40 bits per heavy atom. The number of rotatable bonds is 6. The predicted octanol–water partition coefficient (Wildman–Crippen LogP) is 5.28. The number of sulfonamides is 1. The van der Waals surface area contributed by atoms with Crippen LogP contribution in [0.3, 0.4) is 0 Å². The van der Waals surface area contributed by atoms with E-state index in [1.165, 1.54) is 42.6 Å². The molecular formula is C25H18F3N3O3S. The van der Waals surface area contributed by atoms with Gasteiger partial charge in [-0.05, 0) is 54.1 Å². The van der Waals surface area contributed by atoms with Gasteiger partial charge >= 0.3 is 6.18 Å². The van der Waals surface area contributed by atoms with Crippen molar-refractivity contribution in [3.05, 3.63) is 102 Å². The Morgan fingerprint density at radius 2 is 1.66 bits per heavy atom. The van der Waals surface area contributed by atoms with Gasteiger partial charge in [0.05, 0.1) is 27.4 Å². The second-order valence-electron chi connectivity index (χ2n) is 7.48. The molecule has 0 aliphatic carbocycles. The molecule has 4 rings (SSSR count). The molecule has 0 spiro atoms. The number of amides is 1. The van der Waals surface area contributed by atoms with Gasteiger partial charge in [-0.3, -0.25) is 9.78 Å². The highest BCUT2D eigenvalue weighted by atomic mass is 32.2. The molecule has 0 saturated heterocycles. The van der Waals surface area contributed by atoms with Gasteiger partial charge in [-0.25, -0.2) is 12.7 Å². The number of carbonyl (C=O) groups is 1. The summed E-state index contributed by atoms with van der Waals surface area (Å²) in [6.45, 7) is 0. The molecule has 0 atom stereocenters. The molecule has 35 heavy (non-hydrogen) atoms. The highest BCUT2D eigenvalue weighted by Gasteiger charge is 2.34. The van der Waals surface area contributed by atoms with Gasteiger partial charge in [0.15, 0.2) is 0 Å². The molecule has 6 nitrogen and oxygen atoms in total. The van der Waals surface area contributed by atoms with Crippen molar-refractivity contribution in [3.8, 4) is 0 Å². The Morgan fingerprint density at radius 1 is 0.943 bits per heavy atom. The quantitative estimate of drug-likeness (QED) is 0.367. The lowest BCUT2D eigenvalue weighted by Gasteiger charge is -2.26. The van der Waals surface area contributed by atoms with Gasteiger partial charge in [0.1, 0.15) is 0 Å². The van der Waals surface area contributed by atoms with Crippen molar-refractivity contribution in [2.45, 2.75) is 11.1 Å². The number of carbonyl (C=O) groups excluding carboxylic acids is 1. The van der Waals surface area contributed by atoms with E-state index < -0.39 is 27.7 Å². The van der Waals surface area contributed by atoms with Gasteiger partial charge in [-0.1, -0.05) is 36.4 Å². The molecule has 0 unspecified atom stereocenters. The Labute approximate surface area is 199 Å². The molecule has 1 amide bonds. The van der Waals surface area contributed by atoms with Crippen LogP contribution < -0.4 is 10.0 Å². The lowest BCUT2D eigenvalue weighted by molar-refractivity contribution is -0.137. The fraction of sp³-hybridized carbons (Fsp3) is 0.0400. The van der Waals surface area contributed by atoms with Crippen LogP contribution in [0.15, 0.2) is 96.0 Å². The normalized spacial score (nSPS) is 12.2. The van der Waals surface area contributed by atoms with Crippen LogP contribution >= 0.6 is 0 Å². The molecule has 0 aliphatic heterocycles. The Bertz CT molecular complexity index is 1550.